The van der Waals surface area contributed by atoms with Crippen LogP contribution in [-0.4, -0.2) is 40.6 Å². The van der Waals surface area contributed by atoms with Crippen LogP contribution >= 0.6 is 0 Å². The maximum absolute atomic E-state index is 12.5. The van der Waals surface area contributed by atoms with Crippen molar-refractivity contribution in [3.8, 4) is 6.07 Å². The van der Waals surface area contributed by atoms with Gasteiger partial charge in [0, 0.05) is 7.05 Å². The summed E-state index contributed by atoms with van der Waals surface area (Å²) in [6.07, 6.45) is 0.236. The Kier molecular flexibility index (Phi) is 4.25. The number of benzene rings is 1. The van der Waals surface area contributed by atoms with Gasteiger partial charge in [-0.2, -0.15) is 5.26 Å². The number of anilines is 1. The van der Waals surface area contributed by atoms with E-state index in [1.165, 1.54) is 13.1 Å². The zero-order valence-electron chi connectivity index (χ0n) is 11.6. The summed E-state index contributed by atoms with van der Waals surface area (Å²) in [4.78, 5) is 0. The fraction of sp³-hybridized carbons (Fsp3) is 0.462. The third kappa shape index (κ3) is 3.36. The van der Waals surface area contributed by atoms with Crippen LogP contribution in [0.5, 0.6) is 0 Å². The molecule has 1 aliphatic heterocycles. The Labute approximate surface area is 125 Å². The molecule has 0 unspecified atom stereocenters. The number of hydrogen-bond donors (Lipinski definition) is 0. The van der Waals surface area contributed by atoms with Gasteiger partial charge in [0.05, 0.1) is 34.1 Å². The molecule has 0 radical (unpaired) electrons. The van der Waals surface area contributed by atoms with Gasteiger partial charge in [0.2, 0.25) is 10.0 Å². The van der Waals surface area contributed by atoms with E-state index in [0.29, 0.717) is 11.3 Å². The molecule has 21 heavy (non-hydrogen) atoms. The van der Waals surface area contributed by atoms with Crippen LogP contribution in [0, 0.1) is 11.3 Å². The molecule has 0 atom stereocenters. The highest BCUT2D eigenvalue weighted by molar-refractivity contribution is 7.94. The van der Waals surface area contributed by atoms with E-state index >= 15 is 0 Å². The van der Waals surface area contributed by atoms with Crippen molar-refractivity contribution in [3.63, 3.8) is 0 Å². The van der Waals surface area contributed by atoms with Crippen LogP contribution in [0.2, 0.25) is 0 Å². The molecule has 0 aromatic heterocycles. The van der Waals surface area contributed by atoms with Crippen molar-refractivity contribution in [2.24, 2.45) is 0 Å². The number of sulfonamides is 1. The molecule has 6 nitrogen and oxygen atoms in total. The van der Waals surface area contributed by atoms with Gasteiger partial charge in [-0.3, -0.25) is 4.31 Å². The van der Waals surface area contributed by atoms with Crippen LogP contribution in [0.15, 0.2) is 24.3 Å². The van der Waals surface area contributed by atoms with Crippen molar-refractivity contribution in [2.75, 3.05) is 22.9 Å². The summed E-state index contributed by atoms with van der Waals surface area (Å²) in [5.74, 6) is -0.189. The molecule has 2 rings (SSSR count). The molecule has 0 amide bonds. The largest absolute Gasteiger partial charge is 0.273 e. The summed E-state index contributed by atoms with van der Waals surface area (Å²) in [6.45, 7) is 0. The van der Waals surface area contributed by atoms with Crippen molar-refractivity contribution < 1.29 is 16.8 Å². The maximum atomic E-state index is 12.5. The van der Waals surface area contributed by atoms with E-state index in [1.807, 2.05) is 6.07 Å². The van der Waals surface area contributed by atoms with E-state index < -0.39 is 25.1 Å². The van der Waals surface area contributed by atoms with E-state index in [-0.39, 0.29) is 24.3 Å². The Morgan fingerprint density at radius 2 is 1.90 bits per heavy atom. The summed E-state index contributed by atoms with van der Waals surface area (Å²) in [5.41, 5.74) is 0.781. The zero-order chi connectivity index (χ0) is 15.7. The summed E-state index contributed by atoms with van der Waals surface area (Å²) in [5, 5.41) is 8.17. The second kappa shape index (κ2) is 5.66. The lowest BCUT2D eigenvalue weighted by atomic mass is 10.2. The van der Waals surface area contributed by atoms with Crippen molar-refractivity contribution in [3.05, 3.63) is 29.8 Å². The highest BCUT2D eigenvalue weighted by atomic mass is 32.2. The molecule has 1 aliphatic rings. The van der Waals surface area contributed by atoms with Gasteiger partial charge in [-0.15, -0.1) is 0 Å². The van der Waals surface area contributed by atoms with Crippen molar-refractivity contribution >= 4 is 25.5 Å². The van der Waals surface area contributed by atoms with E-state index in [2.05, 4.69) is 0 Å². The van der Waals surface area contributed by atoms with Crippen LogP contribution in [0.3, 0.4) is 0 Å². The first kappa shape index (κ1) is 15.8. The van der Waals surface area contributed by atoms with Gasteiger partial charge in [-0.05, 0) is 31.0 Å². The highest BCUT2D eigenvalue weighted by Crippen LogP contribution is 2.26. The van der Waals surface area contributed by atoms with Gasteiger partial charge in [-0.25, -0.2) is 16.8 Å². The second-order valence-electron chi connectivity index (χ2n) is 5.03. The smallest absolute Gasteiger partial charge is 0.237 e. The Bertz CT molecular complexity index is 765. The second-order valence-corrected chi connectivity index (χ2v) is 9.57. The Hall–Kier alpha value is -1.59. The summed E-state index contributed by atoms with van der Waals surface area (Å²) in [6, 6.07) is 8.28. The summed E-state index contributed by atoms with van der Waals surface area (Å²) in [7, 11) is -5.31. The predicted molar refractivity (Wildman–Crippen MR) is 80.2 cm³/mol. The molecule has 1 heterocycles. The Morgan fingerprint density at radius 1 is 1.29 bits per heavy atom. The minimum absolute atomic E-state index is 0.0943. The van der Waals surface area contributed by atoms with Gasteiger partial charge < -0.3 is 0 Å². The first-order valence-electron chi connectivity index (χ1n) is 6.44. The van der Waals surface area contributed by atoms with Crippen LogP contribution in [0.1, 0.15) is 18.4 Å². The molecular weight excluding hydrogens is 312 g/mol. The number of rotatable bonds is 3. The molecule has 0 saturated carbocycles. The van der Waals surface area contributed by atoms with Gasteiger partial charge >= 0.3 is 0 Å². The summed E-state index contributed by atoms with van der Waals surface area (Å²) < 4.78 is 49.0. The normalized spacial score (nSPS) is 18.9. The molecular formula is C13H16N2O4S2. The number of hydrogen-bond acceptors (Lipinski definition) is 5. The molecule has 8 heteroatoms. The van der Waals surface area contributed by atoms with Crippen LogP contribution in [0.4, 0.5) is 5.69 Å². The molecule has 0 spiro atoms. The molecule has 0 bridgehead atoms. The highest BCUT2D eigenvalue weighted by Gasteiger charge is 2.35. The minimum atomic E-state index is -3.63. The van der Waals surface area contributed by atoms with E-state index in [0.717, 1.165) is 4.31 Å². The fourth-order valence-electron chi connectivity index (χ4n) is 2.31. The molecule has 1 aromatic carbocycles. The minimum Gasteiger partial charge on any atom is -0.273 e. The van der Waals surface area contributed by atoms with E-state index in [1.54, 1.807) is 18.2 Å². The summed E-state index contributed by atoms with van der Waals surface area (Å²) >= 11 is 0. The van der Waals surface area contributed by atoms with E-state index in [9.17, 15) is 16.8 Å². The third-order valence-corrected chi connectivity index (χ3v) is 7.65. The topological polar surface area (TPSA) is 95.3 Å². The van der Waals surface area contributed by atoms with Crippen LogP contribution in [-0.2, 0) is 19.9 Å². The lowest BCUT2D eigenvalue weighted by molar-refractivity contribution is 0.551. The van der Waals surface area contributed by atoms with Crippen LogP contribution in [0.25, 0.3) is 0 Å². The Balaban J connectivity index is 2.25. The zero-order valence-corrected chi connectivity index (χ0v) is 13.2. The standard InChI is InChI=1S/C13H16N2O4S2/c1-15(12-4-2-3-11(9-12)10-14)21(18,19)13-5-7-20(16,17)8-6-13/h2-4,9,13H,5-8H2,1H3. The molecule has 1 saturated heterocycles. The first-order chi connectivity index (χ1) is 9.76. The van der Waals surface area contributed by atoms with Gasteiger partial charge in [0.1, 0.15) is 9.84 Å². The number of nitrogens with zero attached hydrogens (tertiary/aromatic N) is 2. The quantitative estimate of drug-likeness (QED) is 0.821. The van der Waals surface area contributed by atoms with Crippen LogP contribution < -0.4 is 4.31 Å². The molecule has 0 N–H and O–H groups in total. The van der Waals surface area contributed by atoms with Gasteiger partial charge in [-0.1, -0.05) is 6.07 Å². The monoisotopic (exact) mass is 328 g/mol. The van der Waals surface area contributed by atoms with Crippen molar-refractivity contribution in [1.82, 2.24) is 0 Å². The lowest BCUT2D eigenvalue weighted by Crippen LogP contribution is -2.41. The molecule has 1 aromatic rings. The molecule has 0 aliphatic carbocycles. The molecule has 114 valence electrons. The first-order valence-corrected chi connectivity index (χ1v) is 9.77. The number of sulfone groups is 1. The predicted octanol–water partition coefficient (Wildman–Crippen LogP) is 0.901. The average Bonchev–Trinajstić information content (AvgIpc) is 2.46. The van der Waals surface area contributed by atoms with E-state index in [4.69, 9.17) is 5.26 Å². The lowest BCUT2D eigenvalue weighted by Gasteiger charge is -2.28. The van der Waals surface area contributed by atoms with Crippen molar-refractivity contribution in [1.29, 1.82) is 5.26 Å². The van der Waals surface area contributed by atoms with Gasteiger partial charge in [0.25, 0.3) is 0 Å². The third-order valence-electron chi connectivity index (χ3n) is 3.64. The molecule has 1 fully saturated rings. The fourth-order valence-corrected chi connectivity index (χ4v) is 5.78. The van der Waals surface area contributed by atoms with Crippen molar-refractivity contribution in [2.45, 2.75) is 18.1 Å². The Morgan fingerprint density at radius 3 is 2.48 bits per heavy atom. The SMILES string of the molecule is CN(c1cccc(C#N)c1)S(=O)(=O)C1CCS(=O)(=O)CC1. The van der Waals surface area contributed by atoms with Gasteiger partial charge in [0.15, 0.2) is 0 Å². The average molecular weight is 328 g/mol. The maximum Gasteiger partial charge on any atom is 0.237 e. The number of nitriles is 1.